The Morgan fingerprint density at radius 1 is 1.17 bits per heavy atom. The van der Waals surface area contributed by atoms with Crippen LogP contribution in [0.5, 0.6) is 0 Å². The maximum Gasteiger partial charge on any atom is 0.0278 e. The van der Waals surface area contributed by atoms with Crippen LogP contribution < -0.4 is 5.32 Å². The van der Waals surface area contributed by atoms with Crippen molar-refractivity contribution >= 4 is 0 Å². The van der Waals surface area contributed by atoms with Gasteiger partial charge in [0.15, 0.2) is 0 Å². The summed E-state index contributed by atoms with van der Waals surface area (Å²) in [5, 5.41) is 3.82. The third kappa shape index (κ3) is 3.69. The fraction of sp³-hybridized carbons (Fsp3) is 1.00. The molecule has 1 N–H and O–H groups in total. The largest absolute Gasteiger partial charge is 0.312 e. The van der Waals surface area contributed by atoms with Crippen LogP contribution in [0.25, 0.3) is 0 Å². The minimum Gasteiger partial charge on any atom is -0.312 e. The molecule has 0 amide bonds. The number of nitrogens with one attached hydrogen (secondary N) is 1. The van der Waals surface area contributed by atoms with Crippen LogP contribution in [0, 0.1) is 5.92 Å². The lowest BCUT2D eigenvalue weighted by atomic mass is 10.00. The lowest BCUT2D eigenvalue weighted by Gasteiger charge is -2.44. The highest BCUT2D eigenvalue weighted by Crippen LogP contribution is 2.34. The van der Waals surface area contributed by atoms with E-state index in [9.17, 15) is 0 Å². The van der Waals surface area contributed by atoms with Crippen molar-refractivity contribution in [3.8, 4) is 0 Å². The Bertz CT molecular complexity index is 252. The molecule has 3 nitrogen and oxygen atoms in total. The first kappa shape index (κ1) is 14.3. The molecule has 3 heteroatoms. The molecule has 0 aromatic carbocycles. The quantitative estimate of drug-likeness (QED) is 0.778. The molecule has 0 spiro atoms. The van der Waals surface area contributed by atoms with Crippen LogP contribution in [0.2, 0.25) is 0 Å². The highest BCUT2D eigenvalue weighted by molar-refractivity contribution is 4.91. The zero-order chi connectivity index (χ0) is 13.2. The van der Waals surface area contributed by atoms with Gasteiger partial charge in [-0.2, -0.15) is 0 Å². The minimum atomic E-state index is 0.295. The van der Waals surface area contributed by atoms with Crippen LogP contribution in [0.4, 0.5) is 0 Å². The SMILES string of the molecule is CCC(NCC(C)(C)N1CCN(C)CC1)C1CC1. The molecule has 1 aliphatic carbocycles. The third-order valence-corrected chi connectivity index (χ3v) is 4.79. The van der Waals surface area contributed by atoms with Crippen molar-refractivity contribution < 1.29 is 0 Å². The first-order valence-electron chi connectivity index (χ1n) is 7.70. The van der Waals surface area contributed by atoms with Crippen molar-refractivity contribution in [3.05, 3.63) is 0 Å². The number of piperazine rings is 1. The summed E-state index contributed by atoms with van der Waals surface area (Å²) in [6, 6.07) is 0.761. The van der Waals surface area contributed by atoms with Gasteiger partial charge in [-0.15, -0.1) is 0 Å². The Balaban J connectivity index is 1.78. The molecular formula is C15H31N3. The second kappa shape index (κ2) is 5.89. The van der Waals surface area contributed by atoms with Crippen molar-refractivity contribution in [2.24, 2.45) is 5.92 Å². The fourth-order valence-corrected chi connectivity index (χ4v) is 3.05. The van der Waals surface area contributed by atoms with E-state index in [0.717, 1.165) is 18.5 Å². The van der Waals surface area contributed by atoms with Crippen LogP contribution in [0.1, 0.15) is 40.0 Å². The Labute approximate surface area is 113 Å². The summed E-state index contributed by atoms with van der Waals surface area (Å²) in [6.45, 7) is 13.1. The minimum absolute atomic E-state index is 0.295. The second-order valence-electron chi connectivity index (χ2n) is 6.84. The molecule has 0 aromatic rings. The summed E-state index contributed by atoms with van der Waals surface area (Å²) in [5.41, 5.74) is 0.295. The predicted octanol–water partition coefficient (Wildman–Crippen LogP) is 1.79. The van der Waals surface area contributed by atoms with E-state index in [1.54, 1.807) is 0 Å². The standard InChI is InChI=1S/C15H31N3/c1-5-14(13-6-7-13)16-12-15(2,3)18-10-8-17(4)9-11-18/h13-14,16H,5-12H2,1-4H3. The normalized spacial score (nSPS) is 25.3. The molecule has 0 radical (unpaired) electrons. The molecule has 2 rings (SSSR count). The van der Waals surface area contributed by atoms with E-state index in [1.165, 1.54) is 45.4 Å². The highest BCUT2D eigenvalue weighted by Gasteiger charge is 2.33. The summed E-state index contributed by atoms with van der Waals surface area (Å²) < 4.78 is 0. The van der Waals surface area contributed by atoms with Gasteiger partial charge in [0, 0.05) is 44.3 Å². The van der Waals surface area contributed by atoms with Gasteiger partial charge in [0.05, 0.1) is 0 Å². The molecule has 1 saturated heterocycles. The molecule has 1 unspecified atom stereocenters. The van der Waals surface area contributed by atoms with E-state index >= 15 is 0 Å². The van der Waals surface area contributed by atoms with Gasteiger partial charge in [0.2, 0.25) is 0 Å². The molecule has 1 saturated carbocycles. The van der Waals surface area contributed by atoms with E-state index in [2.05, 4.69) is 42.9 Å². The first-order valence-corrected chi connectivity index (χ1v) is 7.70. The third-order valence-electron chi connectivity index (χ3n) is 4.79. The lowest BCUT2D eigenvalue weighted by Crippen LogP contribution is -2.58. The second-order valence-corrected chi connectivity index (χ2v) is 6.84. The number of nitrogens with zero attached hydrogens (tertiary/aromatic N) is 2. The highest BCUT2D eigenvalue weighted by atomic mass is 15.3. The Morgan fingerprint density at radius 2 is 1.78 bits per heavy atom. The van der Waals surface area contributed by atoms with E-state index < -0.39 is 0 Å². The molecule has 1 aliphatic heterocycles. The average Bonchev–Trinajstić information content (AvgIpc) is 3.15. The average molecular weight is 253 g/mol. The smallest absolute Gasteiger partial charge is 0.0278 e. The molecule has 1 heterocycles. The van der Waals surface area contributed by atoms with Crippen molar-refractivity contribution in [1.29, 1.82) is 0 Å². The summed E-state index contributed by atoms with van der Waals surface area (Å²) in [7, 11) is 2.22. The van der Waals surface area contributed by atoms with Crippen molar-refractivity contribution in [3.63, 3.8) is 0 Å². The topological polar surface area (TPSA) is 18.5 Å². The number of likely N-dealkylation sites (N-methyl/N-ethyl adjacent to an activating group) is 1. The molecule has 0 aromatic heterocycles. The molecule has 0 bridgehead atoms. The Morgan fingerprint density at radius 3 is 2.28 bits per heavy atom. The van der Waals surface area contributed by atoms with Crippen LogP contribution in [0.15, 0.2) is 0 Å². The van der Waals surface area contributed by atoms with E-state index in [1.807, 2.05) is 0 Å². The molecule has 18 heavy (non-hydrogen) atoms. The monoisotopic (exact) mass is 253 g/mol. The van der Waals surface area contributed by atoms with Gasteiger partial charge in [-0.1, -0.05) is 6.92 Å². The molecule has 1 atom stereocenters. The van der Waals surface area contributed by atoms with Crippen LogP contribution >= 0.6 is 0 Å². The summed E-state index contributed by atoms with van der Waals surface area (Å²) in [4.78, 5) is 5.08. The summed E-state index contributed by atoms with van der Waals surface area (Å²) in [5.74, 6) is 0.971. The summed E-state index contributed by atoms with van der Waals surface area (Å²) >= 11 is 0. The van der Waals surface area contributed by atoms with Gasteiger partial charge in [0.25, 0.3) is 0 Å². The number of rotatable bonds is 6. The summed E-state index contributed by atoms with van der Waals surface area (Å²) in [6.07, 6.45) is 4.17. The maximum atomic E-state index is 3.82. The molecular weight excluding hydrogens is 222 g/mol. The molecule has 2 aliphatic rings. The molecule has 2 fully saturated rings. The van der Waals surface area contributed by atoms with Crippen molar-refractivity contribution in [1.82, 2.24) is 15.1 Å². The van der Waals surface area contributed by atoms with E-state index in [-0.39, 0.29) is 0 Å². The van der Waals surface area contributed by atoms with E-state index in [4.69, 9.17) is 0 Å². The van der Waals surface area contributed by atoms with Gasteiger partial charge in [-0.05, 0) is 46.1 Å². The molecule has 106 valence electrons. The van der Waals surface area contributed by atoms with Crippen LogP contribution in [-0.4, -0.2) is 61.2 Å². The number of hydrogen-bond donors (Lipinski definition) is 1. The van der Waals surface area contributed by atoms with Gasteiger partial charge >= 0.3 is 0 Å². The zero-order valence-corrected chi connectivity index (χ0v) is 12.7. The Hall–Kier alpha value is -0.120. The van der Waals surface area contributed by atoms with Crippen molar-refractivity contribution in [2.75, 3.05) is 39.8 Å². The van der Waals surface area contributed by atoms with Gasteiger partial charge in [-0.25, -0.2) is 0 Å². The fourth-order valence-electron chi connectivity index (χ4n) is 3.05. The number of hydrogen-bond acceptors (Lipinski definition) is 3. The van der Waals surface area contributed by atoms with Gasteiger partial charge in [-0.3, -0.25) is 4.90 Å². The van der Waals surface area contributed by atoms with Gasteiger partial charge in [0.1, 0.15) is 0 Å². The van der Waals surface area contributed by atoms with E-state index in [0.29, 0.717) is 5.54 Å². The van der Waals surface area contributed by atoms with Crippen molar-refractivity contribution in [2.45, 2.75) is 51.6 Å². The predicted molar refractivity (Wildman–Crippen MR) is 78.0 cm³/mol. The Kier molecular flexibility index (Phi) is 4.68. The zero-order valence-electron chi connectivity index (χ0n) is 12.7. The maximum absolute atomic E-state index is 3.82. The van der Waals surface area contributed by atoms with Gasteiger partial charge < -0.3 is 10.2 Å². The first-order chi connectivity index (χ1) is 8.53. The lowest BCUT2D eigenvalue weighted by molar-refractivity contribution is 0.0595. The van der Waals surface area contributed by atoms with Crippen LogP contribution in [0.3, 0.4) is 0 Å². The van der Waals surface area contributed by atoms with Crippen LogP contribution in [-0.2, 0) is 0 Å².